The Hall–Kier alpha value is -2.31. The molecule has 33 heavy (non-hydrogen) atoms. The van der Waals surface area contributed by atoms with E-state index in [-0.39, 0.29) is 5.41 Å². The number of thiocarbonyl (C=S) groups is 1. The molecule has 0 amide bonds. The summed E-state index contributed by atoms with van der Waals surface area (Å²) in [4.78, 5) is 0. The van der Waals surface area contributed by atoms with Gasteiger partial charge < -0.3 is 26.4 Å². The minimum absolute atomic E-state index is 0.244. The summed E-state index contributed by atoms with van der Waals surface area (Å²) in [5, 5.41) is 25.6. The first-order chi connectivity index (χ1) is 16.1. The van der Waals surface area contributed by atoms with Gasteiger partial charge >= 0.3 is 0 Å². The largest absolute Gasteiger partial charge is 0.506 e. The average molecular weight is 465 g/mol. The third-order valence-electron chi connectivity index (χ3n) is 8.02. The van der Waals surface area contributed by atoms with E-state index in [1.165, 1.54) is 43.2 Å². The maximum Gasteiger partial charge on any atom is 0.170 e. The van der Waals surface area contributed by atoms with Crippen molar-refractivity contribution in [2.75, 3.05) is 23.7 Å². The molecule has 0 unspecified atom stereocenters. The number of fused-ring (bicyclic) bond motifs is 1. The molecule has 1 heterocycles. The van der Waals surface area contributed by atoms with Gasteiger partial charge in [0, 0.05) is 18.0 Å². The molecule has 176 valence electrons. The molecular formula is C27H36N4OS. The van der Waals surface area contributed by atoms with E-state index >= 15 is 0 Å². The third-order valence-corrected chi connectivity index (χ3v) is 8.27. The normalized spacial score (nSPS) is 25.5. The Morgan fingerprint density at radius 3 is 2.85 bits per heavy atom. The summed E-state index contributed by atoms with van der Waals surface area (Å²) in [6, 6.07) is 12.8. The van der Waals surface area contributed by atoms with Crippen LogP contribution in [-0.2, 0) is 11.8 Å². The summed E-state index contributed by atoms with van der Waals surface area (Å²) in [5.41, 5.74) is 5.58. The van der Waals surface area contributed by atoms with Crippen LogP contribution in [0.5, 0.6) is 5.75 Å². The van der Waals surface area contributed by atoms with Gasteiger partial charge in [0.05, 0.1) is 17.1 Å². The van der Waals surface area contributed by atoms with Crippen LogP contribution in [0.2, 0.25) is 0 Å². The van der Waals surface area contributed by atoms with Crippen LogP contribution >= 0.6 is 12.2 Å². The molecule has 1 saturated carbocycles. The number of phenolic OH excluding ortho intramolecular Hbond substituents is 1. The molecule has 2 aromatic carbocycles. The fraction of sp³-hybridized carbons (Fsp3) is 0.519. The first kappa shape index (κ1) is 22.5. The molecular weight excluding hydrogens is 428 g/mol. The predicted octanol–water partition coefficient (Wildman–Crippen LogP) is 5.57. The van der Waals surface area contributed by atoms with Gasteiger partial charge in [-0.2, -0.15) is 0 Å². The van der Waals surface area contributed by atoms with E-state index in [2.05, 4.69) is 40.3 Å². The topological polar surface area (TPSA) is 68.3 Å². The summed E-state index contributed by atoms with van der Waals surface area (Å²) in [6.45, 7) is 4.12. The van der Waals surface area contributed by atoms with E-state index in [4.69, 9.17) is 12.2 Å². The van der Waals surface area contributed by atoms with Gasteiger partial charge in [-0.15, -0.1) is 0 Å². The van der Waals surface area contributed by atoms with E-state index in [9.17, 15) is 5.11 Å². The molecule has 6 heteroatoms. The summed E-state index contributed by atoms with van der Waals surface area (Å²) >= 11 is 5.47. The highest BCUT2D eigenvalue weighted by molar-refractivity contribution is 7.80. The van der Waals surface area contributed by atoms with Crippen molar-refractivity contribution in [2.45, 2.75) is 69.7 Å². The monoisotopic (exact) mass is 464 g/mol. The second-order valence-corrected chi connectivity index (χ2v) is 10.4. The van der Waals surface area contributed by atoms with Gasteiger partial charge in [0.1, 0.15) is 5.75 Å². The van der Waals surface area contributed by atoms with E-state index in [1.807, 2.05) is 24.3 Å². The van der Waals surface area contributed by atoms with Crippen molar-refractivity contribution in [3.05, 3.63) is 47.5 Å². The molecule has 5 N–H and O–H groups in total. The maximum absolute atomic E-state index is 11.1. The number of para-hydroxylation sites is 2. The van der Waals surface area contributed by atoms with Crippen LogP contribution in [0.25, 0.3) is 0 Å². The zero-order valence-electron chi connectivity index (χ0n) is 19.5. The smallest absolute Gasteiger partial charge is 0.170 e. The van der Waals surface area contributed by atoms with Crippen LogP contribution in [0.15, 0.2) is 36.4 Å². The molecule has 5 nitrogen and oxygen atoms in total. The van der Waals surface area contributed by atoms with Gasteiger partial charge in [-0.05, 0) is 92.2 Å². The molecule has 0 radical (unpaired) electrons. The van der Waals surface area contributed by atoms with E-state index in [1.54, 1.807) is 0 Å². The van der Waals surface area contributed by atoms with Crippen molar-refractivity contribution >= 4 is 34.4 Å². The Bertz CT molecular complexity index is 1020. The van der Waals surface area contributed by atoms with E-state index < -0.39 is 0 Å². The molecule has 3 aliphatic rings. The fourth-order valence-corrected chi connectivity index (χ4v) is 6.68. The van der Waals surface area contributed by atoms with Gasteiger partial charge in [0.15, 0.2) is 5.11 Å². The SMILES string of the molecule is CCCCNC(=S)Nc1ccccc1Nc1cc2c(cc1O)[C@]13CCCC[C@@H]1[C@H](C2)NCC3. The van der Waals surface area contributed by atoms with Crippen molar-refractivity contribution in [2.24, 2.45) is 5.92 Å². The average Bonchev–Trinajstić information content (AvgIpc) is 2.82. The van der Waals surface area contributed by atoms with Crippen molar-refractivity contribution in [3.63, 3.8) is 0 Å². The lowest BCUT2D eigenvalue weighted by atomic mass is 9.53. The standard InChI is InChI=1S/C27H36N4OS/c1-2-3-13-29-26(33)31-22-10-5-4-9-21(22)30-24-16-18-15-23-19-8-6-7-11-27(19,12-14-28-23)20(18)17-25(24)32/h4-5,9-10,16-17,19,23,28,30,32H,2-3,6-8,11-15H2,1H3,(H2,29,31,33)/t19-,23+,27+/m1/s1. The quantitative estimate of drug-likeness (QED) is 0.219. The van der Waals surface area contributed by atoms with Crippen molar-refractivity contribution in [1.29, 1.82) is 0 Å². The number of benzene rings is 2. The summed E-state index contributed by atoms with van der Waals surface area (Å²) < 4.78 is 0. The third kappa shape index (κ3) is 4.31. The van der Waals surface area contributed by atoms with E-state index in [0.29, 0.717) is 22.8 Å². The molecule has 2 bridgehead atoms. The Labute approximate surface area is 202 Å². The highest BCUT2D eigenvalue weighted by Gasteiger charge is 2.51. The second-order valence-electron chi connectivity index (χ2n) is 9.95. The second kappa shape index (κ2) is 9.51. The Morgan fingerprint density at radius 2 is 2.00 bits per heavy atom. The minimum Gasteiger partial charge on any atom is -0.506 e. The van der Waals surface area contributed by atoms with Crippen LogP contribution in [0.3, 0.4) is 0 Å². The summed E-state index contributed by atoms with van der Waals surface area (Å²) in [7, 11) is 0. The number of nitrogens with one attached hydrogen (secondary N) is 4. The molecule has 5 rings (SSSR count). The van der Waals surface area contributed by atoms with Crippen LogP contribution in [-0.4, -0.2) is 29.4 Å². The first-order valence-electron chi connectivity index (χ1n) is 12.6. The van der Waals surface area contributed by atoms with Crippen molar-refractivity contribution in [1.82, 2.24) is 10.6 Å². The molecule has 1 aliphatic heterocycles. The fourth-order valence-electron chi connectivity index (χ4n) is 6.46. The number of rotatable bonds is 6. The van der Waals surface area contributed by atoms with Gasteiger partial charge in [0.25, 0.3) is 0 Å². The van der Waals surface area contributed by atoms with Gasteiger partial charge in [-0.25, -0.2) is 0 Å². The number of unbranched alkanes of at least 4 members (excludes halogenated alkanes) is 1. The molecule has 2 fully saturated rings. The highest BCUT2D eigenvalue weighted by atomic mass is 32.1. The minimum atomic E-state index is 0.244. The molecule has 0 aromatic heterocycles. The van der Waals surface area contributed by atoms with E-state index in [0.717, 1.165) is 49.4 Å². The highest BCUT2D eigenvalue weighted by Crippen LogP contribution is 2.55. The number of hydrogen-bond donors (Lipinski definition) is 5. The van der Waals surface area contributed by atoms with Crippen LogP contribution < -0.4 is 21.3 Å². The number of aromatic hydroxyl groups is 1. The van der Waals surface area contributed by atoms with Crippen LogP contribution in [0.4, 0.5) is 17.1 Å². The number of piperidine rings is 1. The lowest BCUT2D eigenvalue weighted by Gasteiger charge is -2.56. The predicted molar refractivity (Wildman–Crippen MR) is 141 cm³/mol. The number of hydrogen-bond acceptors (Lipinski definition) is 4. The zero-order chi connectivity index (χ0) is 22.8. The van der Waals surface area contributed by atoms with Crippen molar-refractivity contribution in [3.8, 4) is 5.75 Å². The maximum atomic E-state index is 11.1. The lowest BCUT2D eigenvalue weighted by molar-refractivity contribution is 0.0796. The number of phenols is 1. The summed E-state index contributed by atoms with van der Waals surface area (Å²) in [5.74, 6) is 1.04. The zero-order valence-corrected chi connectivity index (χ0v) is 20.4. The molecule has 2 aromatic rings. The Kier molecular flexibility index (Phi) is 6.48. The molecule has 0 spiro atoms. The van der Waals surface area contributed by atoms with Crippen LogP contribution in [0.1, 0.15) is 63.0 Å². The first-order valence-corrected chi connectivity index (χ1v) is 13.0. The number of anilines is 3. The van der Waals surface area contributed by atoms with Gasteiger partial charge in [-0.1, -0.05) is 38.3 Å². The molecule has 2 aliphatic carbocycles. The van der Waals surface area contributed by atoms with Crippen LogP contribution in [0, 0.1) is 5.92 Å². The Morgan fingerprint density at radius 1 is 1.15 bits per heavy atom. The van der Waals surface area contributed by atoms with Gasteiger partial charge in [-0.3, -0.25) is 0 Å². The molecule has 3 atom stereocenters. The summed E-state index contributed by atoms with van der Waals surface area (Å²) in [6.07, 6.45) is 9.64. The lowest BCUT2D eigenvalue weighted by Crippen LogP contribution is -2.59. The Balaban J connectivity index is 1.41. The van der Waals surface area contributed by atoms with Gasteiger partial charge in [0.2, 0.25) is 0 Å². The molecule has 1 saturated heterocycles. The van der Waals surface area contributed by atoms with Crippen molar-refractivity contribution < 1.29 is 5.11 Å².